The van der Waals surface area contributed by atoms with Gasteiger partial charge < -0.3 is 5.73 Å². The lowest BCUT2D eigenvalue weighted by Gasteiger charge is -2.22. The Kier molecular flexibility index (Phi) is 3.59. The van der Waals surface area contributed by atoms with Crippen molar-refractivity contribution in [2.75, 3.05) is 6.54 Å². The van der Waals surface area contributed by atoms with Crippen molar-refractivity contribution in [3.63, 3.8) is 0 Å². The summed E-state index contributed by atoms with van der Waals surface area (Å²) in [5.41, 5.74) is 5.64. The largest absolute Gasteiger partial charge is 0.330 e. The van der Waals surface area contributed by atoms with Gasteiger partial charge in [-0.15, -0.1) is 0 Å². The molecule has 0 aromatic carbocycles. The molecule has 0 spiro atoms. The number of hydrogen-bond donors (Lipinski definition) is 1. The van der Waals surface area contributed by atoms with Gasteiger partial charge >= 0.3 is 0 Å². The van der Waals surface area contributed by atoms with E-state index in [9.17, 15) is 0 Å². The Balaban J connectivity index is 2.17. The highest BCUT2D eigenvalue weighted by atomic mass is 15.4. The van der Waals surface area contributed by atoms with Gasteiger partial charge in [0, 0.05) is 12.8 Å². The molecule has 1 atom stereocenters. The maximum Gasteiger partial charge on any atom is 0.151 e. The van der Waals surface area contributed by atoms with Crippen molar-refractivity contribution >= 4 is 0 Å². The van der Waals surface area contributed by atoms with Gasteiger partial charge in [0.05, 0.1) is 6.04 Å². The average Bonchev–Trinajstić information content (AvgIpc) is 2.60. The van der Waals surface area contributed by atoms with Crippen LogP contribution in [0.5, 0.6) is 0 Å². The van der Waals surface area contributed by atoms with E-state index in [0.29, 0.717) is 12.0 Å². The van der Waals surface area contributed by atoms with Gasteiger partial charge in [-0.25, -0.2) is 9.67 Å². The summed E-state index contributed by atoms with van der Waals surface area (Å²) in [5.74, 6) is 2.80. The first kappa shape index (κ1) is 11.6. The molecule has 4 heteroatoms. The molecule has 1 aromatic heterocycles. The van der Waals surface area contributed by atoms with Crippen molar-refractivity contribution in [1.82, 2.24) is 14.8 Å². The number of nitrogens with zero attached hydrogens (tertiary/aromatic N) is 3. The minimum Gasteiger partial charge on any atom is -0.330 e. The fourth-order valence-corrected chi connectivity index (χ4v) is 2.40. The first-order chi connectivity index (χ1) is 7.70. The summed E-state index contributed by atoms with van der Waals surface area (Å²) in [7, 11) is 0. The fraction of sp³-hybridized carbons (Fsp3) is 0.833. The van der Waals surface area contributed by atoms with Crippen LogP contribution < -0.4 is 5.73 Å². The van der Waals surface area contributed by atoms with Crippen LogP contribution in [0, 0.1) is 5.92 Å². The lowest BCUT2D eigenvalue weighted by Crippen LogP contribution is -2.21. The average molecular weight is 222 g/mol. The Labute approximate surface area is 97.2 Å². The number of hydrogen-bond acceptors (Lipinski definition) is 3. The fourth-order valence-electron chi connectivity index (χ4n) is 2.40. The third-order valence-corrected chi connectivity index (χ3v) is 3.12. The smallest absolute Gasteiger partial charge is 0.151 e. The van der Waals surface area contributed by atoms with Crippen LogP contribution in [0.25, 0.3) is 0 Å². The zero-order valence-electron chi connectivity index (χ0n) is 10.3. The van der Waals surface area contributed by atoms with Gasteiger partial charge in [-0.1, -0.05) is 13.8 Å². The number of rotatable bonds is 4. The number of fused-ring (bicyclic) bond motifs is 1. The molecule has 2 N–H and O–H groups in total. The van der Waals surface area contributed by atoms with E-state index < -0.39 is 0 Å². The van der Waals surface area contributed by atoms with E-state index in [1.165, 1.54) is 18.7 Å². The third-order valence-electron chi connectivity index (χ3n) is 3.12. The predicted molar refractivity (Wildman–Crippen MR) is 64.2 cm³/mol. The van der Waals surface area contributed by atoms with Crippen molar-refractivity contribution in [2.45, 2.75) is 52.0 Å². The summed E-state index contributed by atoms with van der Waals surface area (Å²) in [6.45, 7) is 5.15. The van der Waals surface area contributed by atoms with Crippen LogP contribution in [0.15, 0.2) is 0 Å². The first-order valence-electron chi connectivity index (χ1n) is 6.35. The molecule has 2 rings (SSSR count). The SMILES string of the molecule is CC(C)Cc1nc2n(n1)C(CCN)CCC2. The van der Waals surface area contributed by atoms with Crippen LogP contribution in [0.3, 0.4) is 0 Å². The van der Waals surface area contributed by atoms with E-state index in [0.717, 1.165) is 31.6 Å². The van der Waals surface area contributed by atoms with Gasteiger partial charge in [-0.2, -0.15) is 5.10 Å². The molecule has 0 bridgehead atoms. The molecule has 0 saturated heterocycles. The molecule has 1 aromatic rings. The summed E-state index contributed by atoms with van der Waals surface area (Å²) < 4.78 is 2.13. The molecule has 16 heavy (non-hydrogen) atoms. The summed E-state index contributed by atoms with van der Waals surface area (Å²) >= 11 is 0. The van der Waals surface area contributed by atoms with Gasteiger partial charge in [-0.05, 0) is 31.7 Å². The van der Waals surface area contributed by atoms with E-state index in [1.54, 1.807) is 0 Å². The highest BCUT2D eigenvalue weighted by Gasteiger charge is 2.22. The molecule has 90 valence electrons. The Morgan fingerprint density at radius 1 is 1.50 bits per heavy atom. The summed E-state index contributed by atoms with van der Waals surface area (Å²) in [6, 6.07) is 0.488. The van der Waals surface area contributed by atoms with Crippen LogP contribution >= 0.6 is 0 Å². The Bertz CT molecular complexity index is 343. The standard InChI is InChI=1S/C12H22N4/c1-9(2)8-11-14-12-5-3-4-10(6-7-13)16(12)15-11/h9-10H,3-8,13H2,1-2H3. The zero-order valence-corrected chi connectivity index (χ0v) is 10.3. The zero-order chi connectivity index (χ0) is 11.5. The molecule has 0 radical (unpaired) electrons. The molecular formula is C12H22N4. The molecule has 0 amide bonds. The minimum absolute atomic E-state index is 0.488. The van der Waals surface area contributed by atoms with E-state index in [4.69, 9.17) is 5.73 Å². The van der Waals surface area contributed by atoms with E-state index >= 15 is 0 Å². The number of nitrogens with two attached hydrogens (primary N) is 1. The topological polar surface area (TPSA) is 56.7 Å². The molecule has 1 aliphatic rings. The first-order valence-corrected chi connectivity index (χ1v) is 6.35. The Hall–Kier alpha value is -0.900. The summed E-state index contributed by atoms with van der Waals surface area (Å²) in [6.07, 6.45) is 5.51. The maximum atomic E-state index is 5.64. The molecule has 0 fully saturated rings. The monoisotopic (exact) mass is 222 g/mol. The highest BCUT2D eigenvalue weighted by molar-refractivity contribution is 4.99. The third kappa shape index (κ3) is 2.43. The van der Waals surface area contributed by atoms with Crippen LogP contribution in [-0.2, 0) is 12.8 Å². The second-order valence-electron chi connectivity index (χ2n) is 5.11. The summed E-state index contributed by atoms with van der Waals surface area (Å²) in [4.78, 5) is 4.63. The van der Waals surface area contributed by atoms with Crippen LogP contribution in [0.2, 0.25) is 0 Å². The Morgan fingerprint density at radius 2 is 2.31 bits per heavy atom. The van der Waals surface area contributed by atoms with Crippen molar-refractivity contribution in [3.8, 4) is 0 Å². The molecule has 0 saturated carbocycles. The van der Waals surface area contributed by atoms with E-state index in [2.05, 4.69) is 28.6 Å². The van der Waals surface area contributed by atoms with E-state index in [1.807, 2.05) is 0 Å². The second kappa shape index (κ2) is 4.95. The molecule has 4 nitrogen and oxygen atoms in total. The van der Waals surface area contributed by atoms with Crippen molar-refractivity contribution in [3.05, 3.63) is 11.6 Å². The molecule has 0 aliphatic carbocycles. The van der Waals surface area contributed by atoms with Crippen LogP contribution in [0.1, 0.15) is 50.8 Å². The quantitative estimate of drug-likeness (QED) is 0.843. The number of aryl methyl sites for hydroxylation is 1. The summed E-state index contributed by atoms with van der Waals surface area (Å²) in [5, 5.41) is 4.64. The van der Waals surface area contributed by atoms with Crippen LogP contribution in [-0.4, -0.2) is 21.3 Å². The van der Waals surface area contributed by atoms with Gasteiger partial charge in [-0.3, -0.25) is 0 Å². The van der Waals surface area contributed by atoms with Gasteiger partial charge in [0.15, 0.2) is 5.82 Å². The Morgan fingerprint density at radius 3 is 3.00 bits per heavy atom. The minimum atomic E-state index is 0.488. The van der Waals surface area contributed by atoms with Crippen molar-refractivity contribution < 1.29 is 0 Å². The van der Waals surface area contributed by atoms with Gasteiger partial charge in [0.1, 0.15) is 5.82 Å². The van der Waals surface area contributed by atoms with Crippen molar-refractivity contribution in [1.29, 1.82) is 0 Å². The van der Waals surface area contributed by atoms with Gasteiger partial charge in [0.25, 0.3) is 0 Å². The number of aromatic nitrogens is 3. The molecule has 1 aliphatic heterocycles. The van der Waals surface area contributed by atoms with E-state index in [-0.39, 0.29) is 0 Å². The highest BCUT2D eigenvalue weighted by Crippen LogP contribution is 2.25. The lowest BCUT2D eigenvalue weighted by atomic mass is 10.0. The molecule has 2 heterocycles. The predicted octanol–water partition coefficient (Wildman–Crippen LogP) is 1.70. The maximum absolute atomic E-state index is 5.64. The van der Waals surface area contributed by atoms with Crippen LogP contribution in [0.4, 0.5) is 0 Å². The van der Waals surface area contributed by atoms with Crippen molar-refractivity contribution in [2.24, 2.45) is 11.7 Å². The second-order valence-corrected chi connectivity index (χ2v) is 5.11. The lowest BCUT2D eigenvalue weighted by molar-refractivity contribution is 0.345. The molecule has 1 unspecified atom stereocenters. The molecular weight excluding hydrogens is 200 g/mol. The normalized spacial score (nSPS) is 20.1. The van der Waals surface area contributed by atoms with Gasteiger partial charge in [0.2, 0.25) is 0 Å².